The number of benzene rings is 3. The molecule has 12 nitrogen and oxygen atoms in total. The van der Waals surface area contributed by atoms with E-state index >= 15 is 4.79 Å². The molecule has 378 valence electrons. The minimum absolute atomic E-state index is 0.00661. The Labute approximate surface area is 417 Å². The van der Waals surface area contributed by atoms with Crippen LogP contribution in [-0.4, -0.2) is 77.6 Å². The van der Waals surface area contributed by atoms with Crippen LogP contribution in [0.1, 0.15) is 162 Å². The van der Waals surface area contributed by atoms with Crippen molar-refractivity contribution in [2.45, 2.75) is 154 Å². The Balaban J connectivity index is 1.41. The molecule has 0 radical (unpaired) electrons. The van der Waals surface area contributed by atoms with Gasteiger partial charge in [0, 0.05) is 49.8 Å². The average molecular weight is 959 g/mol. The zero-order valence-corrected chi connectivity index (χ0v) is 41.8. The Hall–Kier alpha value is -5.48. The molecule has 3 aromatic carbocycles. The van der Waals surface area contributed by atoms with Crippen LogP contribution in [-0.2, 0) is 16.2 Å². The van der Waals surface area contributed by atoms with Gasteiger partial charge >= 0.3 is 6.09 Å². The van der Waals surface area contributed by atoms with Crippen molar-refractivity contribution < 1.29 is 38.9 Å². The van der Waals surface area contributed by atoms with Gasteiger partial charge in [-0.3, -0.25) is 4.79 Å². The van der Waals surface area contributed by atoms with E-state index in [-0.39, 0.29) is 56.5 Å². The number of fused-ring (bicyclic) bond motifs is 2. The van der Waals surface area contributed by atoms with E-state index in [0.29, 0.717) is 60.7 Å². The molecule has 0 aromatic heterocycles. The summed E-state index contributed by atoms with van der Waals surface area (Å²) in [4.78, 5) is 36.5. The first kappa shape index (κ1) is 53.9. The third-order valence-electron chi connectivity index (χ3n) is 14.3. The summed E-state index contributed by atoms with van der Waals surface area (Å²) in [6, 6.07) is 23.5. The maximum Gasteiger partial charge on any atom is 0.412 e. The summed E-state index contributed by atoms with van der Waals surface area (Å²) in [6.07, 6.45) is 20.9. The molecule has 6 rings (SSSR count). The van der Waals surface area contributed by atoms with Crippen molar-refractivity contribution in [3.05, 3.63) is 119 Å². The lowest BCUT2D eigenvalue weighted by Crippen LogP contribution is -2.70. The van der Waals surface area contributed by atoms with E-state index < -0.39 is 23.8 Å². The Morgan fingerprint density at radius 2 is 1.59 bits per heavy atom. The van der Waals surface area contributed by atoms with Crippen LogP contribution in [0.3, 0.4) is 0 Å². The molecule has 6 atom stereocenters. The van der Waals surface area contributed by atoms with Crippen LogP contribution in [0, 0.1) is 29.1 Å². The summed E-state index contributed by atoms with van der Waals surface area (Å²) < 4.78 is 20.6. The summed E-state index contributed by atoms with van der Waals surface area (Å²) in [7, 11) is 0. The largest absolute Gasteiger partial charge is 0.459 e. The monoisotopic (exact) mass is 959 g/mol. The zero-order chi connectivity index (χ0) is 49.6. The van der Waals surface area contributed by atoms with Gasteiger partial charge in [0.15, 0.2) is 0 Å². The van der Waals surface area contributed by atoms with Gasteiger partial charge in [0.25, 0.3) is 5.91 Å². The van der Waals surface area contributed by atoms with Crippen LogP contribution in [0.4, 0.5) is 4.79 Å². The van der Waals surface area contributed by atoms with Crippen molar-refractivity contribution >= 4 is 17.7 Å². The SMILES string of the molecule is C=CCO[C@@]12Oc3ccc(OC(=O)NCCCCCCCCCCCC)cc3[C@H]3[C@H](CCCCO)[C@@H](CCCCO)C=C(C(=NOCc4ccccc4)C[C@@H]1N(CCC)C(=O)c1ccc(C#N)cc1)[C@H]32. The highest BCUT2D eigenvalue weighted by atomic mass is 16.7. The molecular formula is C58H78N4O8. The van der Waals surface area contributed by atoms with Crippen LogP contribution >= 0.6 is 0 Å². The minimum Gasteiger partial charge on any atom is -0.459 e. The quantitative estimate of drug-likeness (QED) is 0.0335. The molecule has 70 heavy (non-hydrogen) atoms. The average Bonchev–Trinajstić information content (AvgIpc) is 3.38. The lowest BCUT2D eigenvalue weighted by Gasteiger charge is -2.60. The maximum atomic E-state index is 15.0. The molecule has 1 saturated carbocycles. The number of carbonyl (C=O) groups excluding carboxylic acids is 2. The molecule has 12 heteroatoms. The number of unbranched alkanes of at least 4 members (excludes halogenated alkanes) is 11. The lowest BCUT2D eigenvalue weighted by atomic mass is 9.55. The molecule has 0 unspecified atom stereocenters. The number of allylic oxidation sites excluding steroid dienone is 1. The van der Waals surface area contributed by atoms with Gasteiger partial charge in [-0.15, -0.1) is 6.58 Å². The van der Waals surface area contributed by atoms with Crippen molar-refractivity contribution in [3.8, 4) is 17.6 Å². The number of aliphatic hydroxyl groups excluding tert-OH is 2. The number of rotatable bonds is 30. The first-order valence-corrected chi connectivity index (χ1v) is 26.3. The van der Waals surface area contributed by atoms with E-state index in [9.17, 15) is 20.3 Å². The van der Waals surface area contributed by atoms with E-state index in [1.807, 2.05) is 54.3 Å². The van der Waals surface area contributed by atoms with Crippen LogP contribution in [0.15, 0.2) is 102 Å². The number of aliphatic hydroxyl groups is 2. The number of nitriles is 1. The van der Waals surface area contributed by atoms with E-state index in [1.54, 1.807) is 36.4 Å². The first-order chi connectivity index (χ1) is 34.3. The van der Waals surface area contributed by atoms with Gasteiger partial charge in [0.05, 0.1) is 29.9 Å². The molecule has 0 spiro atoms. The molecule has 3 aliphatic rings. The van der Waals surface area contributed by atoms with Crippen molar-refractivity contribution in [3.63, 3.8) is 0 Å². The fraction of sp³-hybridized carbons (Fsp3) is 0.552. The number of oxime groups is 1. The fourth-order valence-electron chi connectivity index (χ4n) is 10.9. The van der Waals surface area contributed by atoms with E-state index in [4.69, 9.17) is 24.2 Å². The lowest BCUT2D eigenvalue weighted by molar-refractivity contribution is -0.254. The number of amides is 2. The highest BCUT2D eigenvalue weighted by Crippen LogP contribution is 2.62. The number of hydrogen-bond donors (Lipinski definition) is 3. The molecule has 2 amide bonds. The topological polar surface area (TPSA) is 163 Å². The van der Waals surface area contributed by atoms with Gasteiger partial charge in [-0.2, -0.15) is 5.26 Å². The van der Waals surface area contributed by atoms with Crippen molar-refractivity contribution in [1.29, 1.82) is 5.26 Å². The summed E-state index contributed by atoms with van der Waals surface area (Å²) in [5, 5.41) is 37.5. The standard InChI is InChI=1S/C58H78N4O8/c1-4-7-8-9-10-11-12-13-14-20-33-60-57(66)69-47-31-32-52-50(39-47)54-48(26-19-22-36-64)46(25-18-21-35-63)38-49-51(61-68-42-44-23-16-15-17-24-44)40-53(58(70-52,55(49)54)67-37-6-3)62(34-5-2)56(65)45-29-27-43(41-59)28-30-45/h6,15-17,23-24,27-32,38-39,46,48,53-55,63-64H,3-5,7-14,18-22,25-26,33-37,40,42H2,1-2H3,(H,60,66)/t46-,48+,53-,54+,55+,58+/m0/s1. The molecule has 1 heterocycles. The number of nitrogens with one attached hydrogen (secondary N) is 1. The van der Waals surface area contributed by atoms with Crippen LogP contribution in [0.2, 0.25) is 0 Å². The Morgan fingerprint density at radius 1 is 0.886 bits per heavy atom. The van der Waals surface area contributed by atoms with Gasteiger partial charge in [-0.1, -0.05) is 132 Å². The number of ether oxygens (including phenoxy) is 3. The van der Waals surface area contributed by atoms with Gasteiger partial charge in [-0.25, -0.2) is 4.79 Å². The second kappa shape index (κ2) is 28.4. The van der Waals surface area contributed by atoms with E-state index in [0.717, 1.165) is 61.6 Å². The molecule has 3 N–H and O–H groups in total. The van der Waals surface area contributed by atoms with Crippen LogP contribution in [0.25, 0.3) is 0 Å². The van der Waals surface area contributed by atoms with Crippen molar-refractivity contribution in [2.24, 2.45) is 22.9 Å². The second-order valence-corrected chi connectivity index (χ2v) is 19.2. The third-order valence-corrected chi connectivity index (χ3v) is 14.3. The number of hydrogen-bond acceptors (Lipinski definition) is 10. The molecule has 0 saturated heterocycles. The Morgan fingerprint density at radius 3 is 2.26 bits per heavy atom. The molecule has 1 aliphatic heterocycles. The minimum atomic E-state index is -1.45. The molecule has 2 aliphatic carbocycles. The third kappa shape index (κ3) is 14.1. The maximum absolute atomic E-state index is 15.0. The summed E-state index contributed by atoms with van der Waals surface area (Å²) in [6.45, 7) is 9.75. The van der Waals surface area contributed by atoms with Gasteiger partial charge in [-0.05, 0) is 104 Å². The first-order valence-electron chi connectivity index (χ1n) is 26.3. The predicted octanol–water partition coefficient (Wildman–Crippen LogP) is 12.0. The highest BCUT2D eigenvalue weighted by Gasteiger charge is 2.65. The van der Waals surface area contributed by atoms with Crippen LogP contribution in [0.5, 0.6) is 11.5 Å². The molecule has 3 aromatic rings. The molecule has 1 fully saturated rings. The van der Waals surface area contributed by atoms with Crippen molar-refractivity contribution in [1.82, 2.24) is 10.2 Å². The summed E-state index contributed by atoms with van der Waals surface area (Å²) in [5.74, 6) is -1.52. The number of carbonyl (C=O) groups is 2. The number of nitrogens with zero attached hydrogens (tertiary/aromatic N) is 3. The van der Waals surface area contributed by atoms with Crippen LogP contribution < -0.4 is 14.8 Å². The highest BCUT2D eigenvalue weighted by molar-refractivity contribution is 6.03. The zero-order valence-electron chi connectivity index (χ0n) is 41.8. The van der Waals surface area contributed by atoms with Gasteiger partial charge in [0.1, 0.15) is 24.1 Å². The van der Waals surface area contributed by atoms with Gasteiger partial charge in [0.2, 0.25) is 5.79 Å². The normalized spacial score (nSPS) is 21.6. The predicted molar refractivity (Wildman–Crippen MR) is 275 cm³/mol. The fourth-order valence-corrected chi connectivity index (χ4v) is 10.9. The van der Waals surface area contributed by atoms with E-state index in [1.165, 1.54) is 44.9 Å². The Kier molecular flexibility index (Phi) is 21.8. The Bertz CT molecular complexity index is 2210. The van der Waals surface area contributed by atoms with Crippen molar-refractivity contribution in [2.75, 3.05) is 32.9 Å². The molecular weight excluding hydrogens is 881 g/mol. The smallest absolute Gasteiger partial charge is 0.412 e. The molecule has 0 bridgehead atoms. The summed E-state index contributed by atoms with van der Waals surface area (Å²) >= 11 is 0. The summed E-state index contributed by atoms with van der Waals surface area (Å²) in [5.41, 5.74) is 4.31. The second-order valence-electron chi connectivity index (χ2n) is 19.2. The van der Waals surface area contributed by atoms with E-state index in [2.05, 4.69) is 31.0 Å². The van der Waals surface area contributed by atoms with Gasteiger partial charge < -0.3 is 39.5 Å².